The van der Waals surface area contributed by atoms with Crippen molar-refractivity contribution in [3.63, 3.8) is 0 Å². The first-order chi connectivity index (χ1) is 18.3. The van der Waals surface area contributed by atoms with E-state index in [1.807, 2.05) is 23.5 Å². The number of para-hydroxylation sites is 2. The van der Waals surface area contributed by atoms with Gasteiger partial charge < -0.3 is 9.32 Å². The number of fused-ring (bicyclic) bond motifs is 8. The number of anilines is 3. The van der Waals surface area contributed by atoms with Gasteiger partial charge in [0.1, 0.15) is 11.2 Å². The molecule has 0 aliphatic rings. The van der Waals surface area contributed by atoms with E-state index in [0.29, 0.717) is 0 Å². The molecular formula is C34H21NOS. The van der Waals surface area contributed by atoms with E-state index in [9.17, 15) is 0 Å². The van der Waals surface area contributed by atoms with Crippen molar-refractivity contribution in [1.82, 2.24) is 0 Å². The van der Waals surface area contributed by atoms with Crippen molar-refractivity contribution in [1.29, 1.82) is 0 Å². The summed E-state index contributed by atoms with van der Waals surface area (Å²) in [4.78, 5) is 2.34. The number of furan rings is 1. The SMILES string of the molecule is c1ccc(N(c2ccc3c(c2)sc2ccc4ccccc4c23)c2ccc3oc4ccccc4c3c2)cc1. The van der Waals surface area contributed by atoms with Gasteiger partial charge in [-0.3, -0.25) is 0 Å². The first-order valence-corrected chi connectivity index (χ1v) is 13.3. The zero-order valence-electron chi connectivity index (χ0n) is 19.9. The molecule has 0 saturated heterocycles. The van der Waals surface area contributed by atoms with Crippen LogP contribution in [0.5, 0.6) is 0 Å². The fourth-order valence-corrected chi connectivity index (χ4v) is 6.71. The molecule has 0 N–H and O–H groups in total. The fourth-order valence-electron chi connectivity index (χ4n) is 5.55. The maximum absolute atomic E-state index is 6.11. The van der Waals surface area contributed by atoms with Gasteiger partial charge in [-0.25, -0.2) is 0 Å². The summed E-state index contributed by atoms with van der Waals surface area (Å²) in [6, 6.07) is 45.4. The largest absolute Gasteiger partial charge is 0.456 e. The van der Waals surface area contributed by atoms with Crippen LogP contribution in [-0.2, 0) is 0 Å². The Bertz CT molecular complexity index is 2100. The average Bonchev–Trinajstić information content (AvgIpc) is 3.52. The molecule has 37 heavy (non-hydrogen) atoms. The Morgan fingerprint density at radius 1 is 0.459 bits per heavy atom. The minimum atomic E-state index is 0.907. The third-order valence-corrected chi connectivity index (χ3v) is 8.35. The van der Waals surface area contributed by atoms with E-state index in [1.165, 1.54) is 30.9 Å². The fraction of sp³-hybridized carbons (Fsp3) is 0. The van der Waals surface area contributed by atoms with Crippen LogP contribution in [0, 0.1) is 0 Å². The van der Waals surface area contributed by atoms with Gasteiger partial charge in [-0.2, -0.15) is 0 Å². The molecule has 0 atom stereocenters. The molecule has 0 saturated carbocycles. The molecule has 0 spiro atoms. The lowest BCUT2D eigenvalue weighted by atomic mass is 10.0. The maximum atomic E-state index is 6.11. The van der Waals surface area contributed by atoms with Crippen LogP contribution in [0.3, 0.4) is 0 Å². The molecule has 0 unspecified atom stereocenters. The third kappa shape index (κ3) is 3.18. The monoisotopic (exact) mass is 491 g/mol. The smallest absolute Gasteiger partial charge is 0.135 e. The predicted molar refractivity (Wildman–Crippen MR) is 159 cm³/mol. The van der Waals surface area contributed by atoms with E-state index in [4.69, 9.17) is 4.42 Å². The summed E-state index contributed by atoms with van der Waals surface area (Å²) in [7, 11) is 0. The van der Waals surface area contributed by atoms with Gasteiger partial charge >= 0.3 is 0 Å². The molecule has 0 bridgehead atoms. The molecule has 0 fully saturated rings. The van der Waals surface area contributed by atoms with Gasteiger partial charge in [-0.15, -0.1) is 11.3 Å². The number of thiophene rings is 1. The van der Waals surface area contributed by atoms with Crippen LogP contribution < -0.4 is 4.90 Å². The van der Waals surface area contributed by atoms with Crippen molar-refractivity contribution in [2.45, 2.75) is 0 Å². The molecule has 0 aliphatic heterocycles. The molecule has 3 heteroatoms. The first kappa shape index (κ1) is 20.6. The van der Waals surface area contributed by atoms with Crippen LogP contribution in [0.1, 0.15) is 0 Å². The number of hydrogen-bond donors (Lipinski definition) is 0. The summed E-state index contributed by atoms with van der Waals surface area (Å²) in [5.41, 5.74) is 5.20. The Hall–Kier alpha value is -4.60. The van der Waals surface area contributed by atoms with Gasteiger partial charge in [0.2, 0.25) is 0 Å². The highest BCUT2D eigenvalue weighted by Gasteiger charge is 2.17. The van der Waals surface area contributed by atoms with Crippen molar-refractivity contribution in [2.24, 2.45) is 0 Å². The summed E-state index contributed by atoms with van der Waals surface area (Å²) < 4.78 is 8.72. The molecule has 2 aromatic heterocycles. The second-order valence-corrected chi connectivity index (χ2v) is 10.5. The number of hydrogen-bond acceptors (Lipinski definition) is 3. The van der Waals surface area contributed by atoms with E-state index in [2.05, 4.69) is 120 Å². The predicted octanol–water partition coefficient (Wildman–Crippen LogP) is 10.6. The Morgan fingerprint density at radius 2 is 1.19 bits per heavy atom. The highest BCUT2D eigenvalue weighted by Crippen LogP contribution is 2.43. The molecule has 6 aromatic carbocycles. The van der Waals surface area contributed by atoms with Crippen molar-refractivity contribution in [3.8, 4) is 0 Å². The highest BCUT2D eigenvalue weighted by molar-refractivity contribution is 7.26. The minimum absolute atomic E-state index is 0.907. The van der Waals surface area contributed by atoms with Crippen molar-refractivity contribution in [2.75, 3.05) is 4.90 Å². The van der Waals surface area contributed by atoms with Gasteiger partial charge in [0.05, 0.1) is 0 Å². The molecule has 2 nitrogen and oxygen atoms in total. The zero-order valence-corrected chi connectivity index (χ0v) is 20.7. The first-order valence-electron chi connectivity index (χ1n) is 12.4. The van der Waals surface area contributed by atoms with Crippen LogP contribution in [-0.4, -0.2) is 0 Å². The van der Waals surface area contributed by atoms with Gasteiger partial charge in [0.25, 0.3) is 0 Å². The lowest BCUT2D eigenvalue weighted by molar-refractivity contribution is 0.669. The van der Waals surface area contributed by atoms with Crippen molar-refractivity contribution >= 4 is 81.3 Å². The van der Waals surface area contributed by atoms with Crippen molar-refractivity contribution in [3.05, 3.63) is 127 Å². The Balaban J connectivity index is 1.36. The summed E-state index contributed by atoms with van der Waals surface area (Å²) >= 11 is 1.86. The van der Waals surface area contributed by atoms with Gasteiger partial charge in [-0.1, -0.05) is 72.8 Å². The van der Waals surface area contributed by atoms with Crippen molar-refractivity contribution < 1.29 is 4.42 Å². The van der Waals surface area contributed by atoms with Crippen LogP contribution in [0.4, 0.5) is 17.1 Å². The molecule has 0 radical (unpaired) electrons. The van der Waals surface area contributed by atoms with E-state index >= 15 is 0 Å². The van der Waals surface area contributed by atoms with Crippen LogP contribution in [0.2, 0.25) is 0 Å². The van der Waals surface area contributed by atoms with E-state index < -0.39 is 0 Å². The molecule has 0 amide bonds. The highest BCUT2D eigenvalue weighted by atomic mass is 32.1. The van der Waals surface area contributed by atoms with E-state index in [-0.39, 0.29) is 0 Å². The van der Waals surface area contributed by atoms with Gasteiger partial charge in [0, 0.05) is 48.0 Å². The molecule has 0 aliphatic carbocycles. The molecule has 8 rings (SSSR count). The van der Waals surface area contributed by atoms with E-state index in [0.717, 1.165) is 39.0 Å². The Morgan fingerprint density at radius 3 is 2.11 bits per heavy atom. The Labute approximate surface area is 217 Å². The topological polar surface area (TPSA) is 16.4 Å². The lowest BCUT2D eigenvalue weighted by Gasteiger charge is -2.25. The summed E-state index contributed by atoms with van der Waals surface area (Å²) in [6.07, 6.45) is 0. The summed E-state index contributed by atoms with van der Waals surface area (Å²) in [5, 5.41) is 7.52. The normalized spacial score (nSPS) is 11.8. The zero-order chi connectivity index (χ0) is 24.3. The molecule has 2 heterocycles. The number of benzene rings is 6. The Kier molecular flexibility index (Phi) is 4.42. The quantitative estimate of drug-likeness (QED) is 0.244. The average molecular weight is 492 g/mol. The molecule has 8 aromatic rings. The molecule has 174 valence electrons. The van der Waals surface area contributed by atoms with Crippen LogP contribution in [0.25, 0.3) is 52.9 Å². The number of rotatable bonds is 3. The third-order valence-electron chi connectivity index (χ3n) is 7.24. The standard InChI is InChI=1S/C34H21NOS/c1-2-9-23(10-3-1)35(24-16-18-31-29(20-24)27-12-6-7-13-30(27)36-31)25-15-17-28-33(21-25)37-32-19-14-22-8-4-5-11-26(22)34(28)32/h1-21H. The summed E-state index contributed by atoms with van der Waals surface area (Å²) in [5.74, 6) is 0. The number of nitrogens with zero attached hydrogens (tertiary/aromatic N) is 1. The molecular weight excluding hydrogens is 470 g/mol. The van der Waals surface area contributed by atoms with E-state index in [1.54, 1.807) is 0 Å². The second-order valence-electron chi connectivity index (χ2n) is 9.39. The second kappa shape index (κ2) is 7.95. The lowest BCUT2D eigenvalue weighted by Crippen LogP contribution is -2.09. The summed E-state index contributed by atoms with van der Waals surface area (Å²) in [6.45, 7) is 0. The van der Waals surface area contributed by atoms with Crippen LogP contribution in [0.15, 0.2) is 132 Å². The van der Waals surface area contributed by atoms with Gasteiger partial charge in [0.15, 0.2) is 0 Å². The van der Waals surface area contributed by atoms with Gasteiger partial charge in [-0.05, 0) is 65.4 Å². The van der Waals surface area contributed by atoms with Crippen LogP contribution >= 0.6 is 11.3 Å². The minimum Gasteiger partial charge on any atom is -0.456 e. The maximum Gasteiger partial charge on any atom is 0.135 e.